The Hall–Kier alpha value is -1.07. The molecule has 0 aliphatic rings. The minimum atomic E-state index is -0.463. The molecule has 1 aromatic rings. The maximum Gasteiger partial charge on any atom is 0.337 e. The second kappa shape index (κ2) is 5.14. The highest BCUT2D eigenvalue weighted by atomic mass is 79.9. The van der Waals surface area contributed by atoms with Crippen molar-refractivity contribution in [1.29, 1.82) is 0 Å². The fourth-order valence-corrected chi connectivity index (χ4v) is 1.67. The van der Waals surface area contributed by atoms with Crippen LogP contribution in [0.15, 0.2) is 16.6 Å². The number of hydrogen-bond donors (Lipinski definition) is 1. The maximum atomic E-state index is 11.3. The standard InChI is InChI=1S/C10H11BrO4/c1-14-8-4-6(10(13)15-2)3-7(5-12)9(8)11/h3-4,12H,5H2,1-2H3. The molecule has 15 heavy (non-hydrogen) atoms. The summed E-state index contributed by atoms with van der Waals surface area (Å²) >= 11 is 3.27. The number of methoxy groups -OCH3 is 2. The van der Waals surface area contributed by atoms with Crippen LogP contribution in [-0.2, 0) is 11.3 Å². The first-order valence-electron chi connectivity index (χ1n) is 4.19. The third-order valence-corrected chi connectivity index (χ3v) is 2.83. The molecule has 0 bridgehead atoms. The van der Waals surface area contributed by atoms with Crippen LogP contribution in [0.1, 0.15) is 15.9 Å². The molecule has 5 heteroatoms. The molecule has 4 nitrogen and oxygen atoms in total. The van der Waals surface area contributed by atoms with Crippen LogP contribution < -0.4 is 4.74 Å². The molecule has 0 amide bonds. The average Bonchev–Trinajstić information content (AvgIpc) is 2.28. The fourth-order valence-electron chi connectivity index (χ4n) is 1.15. The van der Waals surface area contributed by atoms with Crippen LogP contribution in [0.3, 0.4) is 0 Å². The van der Waals surface area contributed by atoms with Gasteiger partial charge in [-0.1, -0.05) is 0 Å². The lowest BCUT2D eigenvalue weighted by atomic mass is 10.1. The molecule has 0 spiro atoms. The van der Waals surface area contributed by atoms with Crippen molar-refractivity contribution in [3.05, 3.63) is 27.7 Å². The number of aliphatic hydroxyl groups excluding tert-OH is 1. The van der Waals surface area contributed by atoms with E-state index in [9.17, 15) is 4.79 Å². The van der Waals surface area contributed by atoms with Gasteiger partial charge in [-0.3, -0.25) is 0 Å². The molecule has 0 fully saturated rings. The van der Waals surface area contributed by atoms with Gasteiger partial charge in [0.15, 0.2) is 0 Å². The molecular formula is C10H11BrO4. The average molecular weight is 275 g/mol. The predicted molar refractivity (Wildman–Crippen MR) is 58.0 cm³/mol. The molecule has 0 saturated heterocycles. The molecule has 1 rings (SSSR count). The van der Waals surface area contributed by atoms with E-state index in [2.05, 4.69) is 20.7 Å². The van der Waals surface area contributed by atoms with Crippen LogP contribution in [0.5, 0.6) is 5.75 Å². The van der Waals surface area contributed by atoms with Gasteiger partial charge in [-0.05, 0) is 33.6 Å². The van der Waals surface area contributed by atoms with Gasteiger partial charge in [0.05, 0.1) is 30.9 Å². The predicted octanol–water partition coefficient (Wildman–Crippen LogP) is 1.74. The number of benzene rings is 1. The quantitative estimate of drug-likeness (QED) is 0.854. The van der Waals surface area contributed by atoms with Crippen LogP contribution >= 0.6 is 15.9 Å². The largest absolute Gasteiger partial charge is 0.496 e. The molecule has 0 heterocycles. The Morgan fingerprint density at radius 3 is 2.60 bits per heavy atom. The van der Waals surface area contributed by atoms with Crippen LogP contribution in [-0.4, -0.2) is 25.3 Å². The van der Waals surface area contributed by atoms with Crippen molar-refractivity contribution < 1.29 is 19.4 Å². The van der Waals surface area contributed by atoms with Crippen LogP contribution in [0.4, 0.5) is 0 Å². The minimum Gasteiger partial charge on any atom is -0.496 e. The van der Waals surface area contributed by atoms with E-state index < -0.39 is 5.97 Å². The summed E-state index contributed by atoms with van der Waals surface area (Å²) in [5.74, 6) is 0.0254. The summed E-state index contributed by atoms with van der Waals surface area (Å²) in [4.78, 5) is 11.3. The SMILES string of the molecule is COC(=O)c1cc(CO)c(Br)c(OC)c1. The summed E-state index contributed by atoms with van der Waals surface area (Å²) in [5, 5.41) is 9.08. The highest BCUT2D eigenvalue weighted by Gasteiger charge is 2.13. The summed E-state index contributed by atoms with van der Waals surface area (Å²) in [5.41, 5.74) is 0.927. The topological polar surface area (TPSA) is 55.8 Å². The Labute approximate surface area is 95.9 Å². The van der Waals surface area contributed by atoms with Crippen molar-refractivity contribution in [2.24, 2.45) is 0 Å². The van der Waals surface area contributed by atoms with Crippen molar-refractivity contribution >= 4 is 21.9 Å². The number of esters is 1. The summed E-state index contributed by atoms with van der Waals surface area (Å²) in [6.45, 7) is -0.179. The molecule has 0 aromatic heterocycles. The highest BCUT2D eigenvalue weighted by Crippen LogP contribution is 2.30. The van der Waals surface area contributed by atoms with Gasteiger partial charge in [0.1, 0.15) is 5.75 Å². The molecule has 0 saturated carbocycles. The van der Waals surface area contributed by atoms with Gasteiger partial charge < -0.3 is 14.6 Å². The van der Waals surface area contributed by atoms with Crippen molar-refractivity contribution in [3.63, 3.8) is 0 Å². The van der Waals surface area contributed by atoms with E-state index in [-0.39, 0.29) is 6.61 Å². The van der Waals surface area contributed by atoms with Gasteiger partial charge >= 0.3 is 5.97 Å². The normalized spacial score (nSPS) is 9.87. The monoisotopic (exact) mass is 274 g/mol. The Morgan fingerprint density at radius 1 is 1.47 bits per heavy atom. The maximum absolute atomic E-state index is 11.3. The molecular weight excluding hydrogens is 264 g/mol. The number of carbonyl (C=O) groups excluding carboxylic acids is 1. The lowest BCUT2D eigenvalue weighted by molar-refractivity contribution is 0.0600. The summed E-state index contributed by atoms with van der Waals surface area (Å²) in [7, 11) is 2.79. The first kappa shape index (κ1) is 12.0. The summed E-state index contributed by atoms with van der Waals surface area (Å²) in [6.07, 6.45) is 0. The molecule has 0 aliphatic heterocycles. The summed E-state index contributed by atoms with van der Waals surface area (Å²) in [6, 6.07) is 3.10. The first-order chi connectivity index (χ1) is 7.13. The summed E-state index contributed by atoms with van der Waals surface area (Å²) < 4.78 is 10.3. The molecule has 0 aliphatic carbocycles. The molecule has 1 aromatic carbocycles. The Kier molecular flexibility index (Phi) is 4.11. The molecule has 82 valence electrons. The van der Waals surface area contributed by atoms with Crippen LogP contribution in [0.25, 0.3) is 0 Å². The van der Waals surface area contributed by atoms with Gasteiger partial charge in [0.25, 0.3) is 0 Å². The van der Waals surface area contributed by atoms with Crippen molar-refractivity contribution in [3.8, 4) is 5.75 Å². The zero-order valence-electron chi connectivity index (χ0n) is 8.41. The van der Waals surface area contributed by atoms with Gasteiger partial charge in [0.2, 0.25) is 0 Å². The zero-order valence-corrected chi connectivity index (χ0v) is 10.00. The Morgan fingerprint density at radius 2 is 2.13 bits per heavy atom. The van der Waals surface area contributed by atoms with Gasteiger partial charge in [-0.2, -0.15) is 0 Å². The lowest BCUT2D eigenvalue weighted by Crippen LogP contribution is -2.03. The van der Waals surface area contributed by atoms with Gasteiger partial charge in [-0.15, -0.1) is 0 Å². The smallest absolute Gasteiger partial charge is 0.337 e. The third-order valence-electron chi connectivity index (χ3n) is 1.93. The molecule has 0 unspecified atom stereocenters. The van der Waals surface area contributed by atoms with E-state index in [1.807, 2.05) is 0 Å². The first-order valence-corrected chi connectivity index (χ1v) is 4.99. The number of rotatable bonds is 3. The van der Waals surface area contributed by atoms with Crippen LogP contribution in [0, 0.1) is 0 Å². The zero-order chi connectivity index (χ0) is 11.4. The second-order valence-electron chi connectivity index (χ2n) is 2.80. The van der Waals surface area contributed by atoms with Crippen molar-refractivity contribution in [2.45, 2.75) is 6.61 Å². The fraction of sp³-hybridized carbons (Fsp3) is 0.300. The van der Waals surface area contributed by atoms with E-state index in [0.29, 0.717) is 21.3 Å². The highest BCUT2D eigenvalue weighted by molar-refractivity contribution is 9.10. The number of carbonyl (C=O) groups is 1. The van der Waals surface area contributed by atoms with E-state index >= 15 is 0 Å². The van der Waals surface area contributed by atoms with Crippen molar-refractivity contribution in [2.75, 3.05) is 14.2 Å². The van der Waals surface area contributed by atoms with Crippen molar-refractivity contribution in [1.82, 2.24) is 0 Å². The third kappa shape index (κ3) is 2.49. The van der Waals surface area contributed by atoms with Gasteiger partial charge in [-0.25, -0.2) is 4.79 Å². The number of hydrogen-bond acceptors (Lipinski definition) is 4. The number of aliphatic hydroxyl groups is 1. The van der Waals surface area contributed by atoms with Gasteiger partial charge in [0, 0.05) is 0 Å². The lowest BCUT2D eigenvalue weighted by Gasteiger charge is -2.09. The second-order valence-corrected chi connectivity index (χ2v) is 3.59. The number of halogens is 1. The molecule has 0 radical (unpaired) electrons. The molecule has 0 atom stereocenters. The molecule has 1 N–H and O–H groups in total. The minimum absolute atomic E-state index is 0.179. The van der Waals surface area contributed by atoms with E-state index in [4.69, 9.17) is 9.84 Å². The van der Waals surface area contributed by atoms with E-state index in [0.717, 1.165) is 0 Å². The Bertz CT molecular complexity index is 351. The van der Waals surface area contributed by atoms with E-state index in [1.54, 1.807) is 12.1 Å². The Balaban J connectivity index is 3.26. The van der Waals surface area contributed by atoms with E-state index in [1.165, 1.54) is 14.2 Å². The number of ether oxygens (including phenoxy) is 2. The van der Waals surface area contributed by atoms with Crippen LogP contribution in [0.2, 0.25) is 0 Å².